The van der Waals surface area contributed by atoms with Crippen molar-refractivity contribution in [1.29, 1.82) is 0 Å². The van der Waals surface area contributed by atoms with Crippen LogP contribution in [0.25, 0.3) is 10.6 Å². The van der Waals surface area contributed by atoms with Crippen LogP contribution in [-0.4, -0.2) is 16.0 Å². The van der Waals surface area contributed by atoms with Crippen LogP contribution < -0.4 is 0 Å². The lowest BCUT2D eigenvalue weighted by atomic mass is 10.2. The molecule has 1 aromatic heterocycles. The first kappa shape index (κ1) is 11.4. The zero-order valence-electron chi connectivity index (χ0n) is 8.61. The van der Waals surface area contributed by atoms with Gasteiger partial charge < -0.3 is 0 Å². The van der Waals surface area contributed by atoms with Gasteiger partial charge in [-0.05, 0) is 19.1 Å². The Balaban J connectivity index is 2.24. The summed E-state index contributed by atoms with van der Waals surface area (Å²) in [6.07, 6.45) is 0.369. The van der Waals surface area contributed by atoms with Crippen molar-refractivity contribution in [3.05, 3.63) is 33.7 Å². The third-order valence-corrected chi connectivity index (χ3v) is 3.46. The van der Waals surface area contributed by atoms with Crippen LogP contribution in [0.5, 0.6) is 0 Å². The lowest BCUT2D eigenvalue weighted by Gasteiger charge is -1.94. The molecule has 0 radical (unpaired) electrons. The van der Waals surface area contributed by atoms with Crippen LogP contribution in [0.3, 0.4) is 0 Å². The van der Waals surface area contributed by atoms with Gasteiger partial charge in [-0.2, -0.15) is 0 Å². The van der Waals surface area contributed by atoms with Gasteiger partial charge in [0.05, 0.1) is 6.42 Å². The molecule has 0 aliphatic heterocycles. The molecule has 2 aromatic rings. The smallest absolute Gasteiger partial charge is 0.147 e. The molecule has 0 unspecified atom stereocenters. The van der Waals surface area contributed by atoms with Gasteiger partial charge in [0.2, 0.25) is 0 Å². The molecule has 0 bridgehead atoms. The molecular weight excluding hydrogens is 288 g/mol. The number of hydrogen-bond acceptors (Lipinski definition) is 4. The van der Waals surface area contributed by atoms with Crippen molar-refractivity contribution in [2.24, 2.45) is 0 Å². The highest BCUT2D eigenvalue weighted by Gasteiger charge is 2.07. The Hall–Kier alpha value is -1.07. The highest BCUT2D eigenvalue weighted by Crippen LogP contribution is 2.25. The largest absolute Gasteiger partial charge is 0.300 e. The summed E-state index contributed by atoms with van der Waals surface area (Å²) in [5.74, 6) is 0.110. The molecule has 1 heterocycles. The first-order valence-electron chi connectivity index (χ1n) is 4.73. The second kappa shape index (κ2) is 4.84. The summed E-state index contributed by atoms with van der Waals surface area (Å²) in [6.45, 7) is 1.56. The Morgan fingerprint density at radius 1 is 1.31 bits per heavy atom. The van der Waals surface area contributed by atoms with Crippen molar-refractivity contribution in [2.45, 2.75) is 13.3 Å². The summed E-state index contributed by atoms with van der Waals surface area (Å²) in [6, 6.07) is 7.87. The van der Waals surface area contributed by atoms with Crippen LogP contribution in [0, 0.1) is 0 Å². The summed E-state index contributed by atoms with van der Waals surface area (Å²) in [5.41, 5.74) is 1.02. The van der Waals surface area contributed by atoms with Crippen LogP contribution in [0.1, 0.15) is 11.9 Å². The number of hydrogen-bond donors (Lipinski definition) is 0. The predicted octanol–water partition coefficient (Wildman–Crippen LogP) is 3.10. The number of halogens is 1. The van der Waals surface area contributed by atoms with Gasteiger partial charge in [-0.1, -0.05) is 39.4 Å². The highest BCUT2D eigenvalue weighted by molar-refractivity contribution is 9.10. The molecule has 82 valence electrons. The number of carbonyl (C=O) groups excluding carboxylic acids is 1. The Kier molecular flexibility index (Phi) is 3.46. The summed E-state index contributed by atoms with van der Waals surface area (Å²) in [5, 5.41) is 9.68. The molecule has 1 aromatic carbocycles. The van der Waals surface area contributed by atoms with Crippen molar-refractivity contribution in [3.8, 4) is 10.6 Å². The molecule has 0 fully saturated rings. The SMILES string of the molecule is CC(=O)Cc1nnc(-c2ccc(Br)cc2)s1. The molecule has 0 amide bonds. The molecule has 0 saturated heterocycles. The van der Waals surface area contributed by atoms with E-state index >= 15 is 0 Å². The maximum Gasteiger partial charge on any atom is 0.147 e. The third kappa shape index (κ3) is 2.74. The number of ketones is 1. The number of aromatic nitrogens is 2. The van der Waals surface area contributed by atoms with Gasteiger partial charge in [0.1, 0.15) is 15.8 Å². The van der Waals surface area contributed by atoms with Crippen LogP contribution in [0.2, 0.25) is 0 Å². The number of carbonyl (C=O) groups is 1. The van der Waals surface area contributed by atoms with E-state index in [1.165, 1.54) is 11.3 Å². The van der Waals surface area contributed by atoms with Crippen molar-refractivity contribution < 1.29 is 4.79 Å². The van der Waals surface area contributed by atoms with E-state index in [0.29, 0.717) is 6.42 Å². The first-order chi connectivity index (χ1) is 7.65. The summed E-state index contributed by atoms with van der Waals surface area (Å²) < 4.78 is 1.03. The van der Waals surface area contributed by atoms with Gasteiger partial charge in [0.25, 0.3) is 0 Å². The van der Waals surface area contributed by atoms with Crippen molar-refractivity contribution >= 4 is 33.0 Å². The lowest BCUT2D eigenvalue weighted by Crippen LogP contribution is -1.94. The normalized spacial score (nSPS) is 10.4. The second-order valence-electron chi connectivity index (χ2n) is 3.39. The standard InChI is InChI=1S/C11H9BrN2OS/c1-7(15)6-10-13-14-11(16-10)8-2-4-9(12)5-3-8/h2-5H,6H2,1H3. The molecule has 16 heavy (non-hydrogen) atoms. The van der Waals surface area contributed by atoms with Gasteiger partial charge in [0.15, 0.2) is 0 Å². The Morgan fingerprint density at radius 2 is 2.00 bits per heavy atom. The Bertz CT molecular complexity index is 507. The minimum Gasteiger partial charge on any atom is -0.300 e. The molecule has 0 spiro atoms. The number of Topliss-reactive ketones (excluding diaryl/α,β-unsaturated/α-hetero) is 1. The topological polar surface area (TPSA) is 42.9 Å². The molecule has 0 aliphatic carbocycles. The van der Waals surface area contributed by atoms with E-state index in [1.807, 2.05) is 24.3 Å². The fraction of sp³-hybridized carbons (Fsp3) is 0.182. The molecule has 0 N–H and O–H groups in total. The zero-order chi connectivity index (χ0) is 11.5. The Morgan fingerprint density at radius 3 is 2.62 bits per heavy atom. The van der Waals surface area contributed by atoms with Crippen LogP contribution in [0.4, 0.5) is 0 Å². The predicted molar refractivity (Wildman–Crippen MR) is 67.4 cm³/mol. The maximum absolute atomic E-state index is 10.9. The van der Waals surface area contributed by atoms with E-state index in [2.05, 4.69) is 26.1 Å². The van der Waals surface area contributed by atoms with Gasteiger partial charge >= 0.3 is 0 Å². The van der Waals surface area contributed by atoms with E-state index in [9.17, 15) is 4.79 Å². The van der Waals surface area contributed by atoms with Crippen molar-refractivity contribution in [2.75, 3.05) is 0 Å². The maximum atomic E-state index is 10.9. The van der Waals surface area contributed by atoms with Crippen LogP contribution in [0.15, 0.2) is 28.7 Å². The summed E-state index contributed by atoms with van der Waals surface area (Å²) >= 11 is 4.84. The van der Waals surface area contributed by atoms with E-state index in [1.54, 1.807) is 6.92 Å². The molecule has 3 nitrogen and oxygen atoms in total. The van der Waals surface area contributed by atoms with Gasteiger partial charge in [-0.3, -0.25) is 4.79 Å². The van der Waals surface area contributed by atoms with Crippen LogP contribution >= 0.6 is 27.3 Å². The average molecular weight is 297 g/mol. The van der Waals surface area contributed by atoms with E-state index in [-0.39, 0.29) is 5.78 Å². The molecule has 0 aliphatic rings. The van der Waals surface area contributed by atoms with Crippen LogP contribution in [-0.2, 0) is 11.2 Å². The van der Waals surface area contributed by atoms with E-state index in [4.69, 9.17) is 0 Å². The molecular formula is C11H9BrN2OS. The van der Waals surface area contributed by atoms with Crippen molar-refractivity contribution in [3.63, 3.8) is 0 Å². The first-order valence-corrected chi connectivity index (χ1v) is 6.34. The van der Waals surface area contributed by atoms with E-state index in [0.717, 1.165) is 20.1 Å². The number of nitrogens with zero attached hydrogens (tertiary/aromatic N) is 2. The zero-order valence-corrected chi connectivity index (χ0v) is 11.0. The van der Waals surface area contributed by atoms with Crippen molar-refractivity contribution in [1.82, 2.24) is 10.2 Å². The van der Waals surface area contributed by atoms with E-state index < -0.39 is 0 Å². The summed E-state index contributed by atoms with van der Waals surface area (Å²) in [7, 11) is 0. The quantitative estimate of drug-likeness (QED) is 0.874. The van der Waals surface area contributed by atoms with Gasteiger partial charge in [0, 0.05) is 10.0 Å². The minimum absolute atomic E-state index is 0.110. The molecule has 2 rings (SSSR count). The number of rotatable bonds is 3. The fourth-order valence-electron chi connectivity index (χ4n) is 1.25. The monoisotopic (exact) mass is 296 g/mol. The Labute approximate surface area is 106 Å². The third-order valence-electron chi connectivity index (χ3n) is 1.96. The highest BCUT2D eigenvalue weighted by atomic mass is 79.9. The average Bonchev–Trinajstić information content (AvgIpc) is 2.66. The summed E-state index contributed by atoms with van der Waals surface area (Å²) in [4.78, 5) is 10.9. The fourth-order valence-corrected chi connectivity index (χ4v) is 2.43. The molecule has 0 atom stereocenters. The number of benzene rings is 1. The molecule has 0 saturated carbocycles. The van der Waals surface area contributed by atoms with Gasteiger partial charge in [-0.15, -0.1) is 10.2 Å². The molecule has 5 heteroatoms. The van der Waals surface area contributed by atoms with Gasteiger partial charge in [-0.25, -0.2) is 0 Å². The second-order valence-corrected chi connectivity index (χ2v) is 5.36. The minimum atomic E-state index is 0.110. The lowest BCUT2D eigenvalue weighted by molar-refractivity contribution is -0.116.